The minimum Gasteiger partial charge on any atom is -0.493 e. The second-order valence-electron chi connectivity index (χ2n) is 12.0. The van der Waals surface area contributed by atoms with Gasteiger partial charge in [0.15, 0.2) is 24.7 Å². The van der Waals surface area contributed by atoms with Gasteiger partial charge in [-0.15, -0.1) is 0 Å². The van der Waals surface area contributed by atoms with Crippen molar-refractivity contribution in [2.24, 2.45) is 0 Å². The Kier molecular flexibility index (Phi) is 9.65. The SMILES string of the molecule is COc1ccc2cc1OCC(=O)N[C@@H]1CN(C(=O)CN3C(=O)COc4ccc(C)cc43)CC[C@H]1Oc1cc(F)cc(c1)CNC(=O)CC2. The van der Waals surface area contributed by atoms with Crippen molar-refractivity contribution in [1.82, 2.24) is 15.5 Å². The van der Waals surface area contributed by atoms with Crippen LogP contribution < -0.4 is 34.5 Å². The molecule has 0 radical (unpaired) electrons. The third-order valence-corrected chi connectivity index (χ3v) is 8.54. The lowest BCUT2D eigenvalue weighted by Crippen LogP contribution is -2.60. The minimum atomic E-state index is -0.702. The Morgan fingerprint density at radius 3 is 2.62 bits per heavy atom. The topological polar surface area (TPSA) is 136 Å². The van der Waals surface area contributed by atoms with Crippen LogP contribution in [0.15, 0.2) is 54.6 Å². The number of likely N-dealkylation sites (tertiary alicyclic amines) is 1. The van der Waals surface area contributed by atoms with Crippen LogP contribution in [-0.2, 0) is 32.1 Å². The van der Waals surface area contributed by atoms with Gasteiger partial charge >= 0.3 is 0 Å². The number of piperidine rings is 1. The van der Waals surface area contributed by atoms with Gasteiger partial charge in [-0.05, 0) is 66.4 Å². The molecule has 13 heteroatoms. The predicted octanol–water partition coefficient (Wildman–Crippen LogP) is 2.67. The molecule has 3 aromatic rings. The molecular formula is C35H37FN4O8. The molecule has 1 saturated heterocycles. The van der Waals surface area contributed by atoms with E-state index in [2.05, 4.69) is 10.6 Å². The molecule has 48 heavy (non-hydrogen) atoms. The first-order chi connectivity index (χ1) is 23.1. The van der Waals surface area contributed by atoms with Gasteiger partial charge in [-0.25, -0.2) is 4.39 Å². The number of ether oxygens (including phenoxy) is 4. The summed E-state index contributed by atoms with van der Waals surface area (Å²) in [6, 6.07) is 14.2. The Morgan fingerprint density at radius 2 is 1.79 bits per heavy atom. The number of fused-ring (bicyclic) bond motifs is 6. The average molecular weight is 661 g/mol. The molecule has 6 rings (SSSR count). The summed E-state index contributed by atoms with van der Waals surface area (Å²) in [4.78, 5) is 55.4. The van der Waals surface area contributed by atoms with E-state index < -0.39 is 23.9 Å². The molecule has 4 bridgehead atoms. The molecule has 3 aliphatic heterocycles. The van der Waals surface area contributed by atoms with Crippen molar-refractivity contribution in [2.75, 3.05) is 44.9 Å². The van der Waals surface area contributed by atoms with Crippen LogP contribution in [0, 0.1) is 12.7 Å². The fourth-order valence-electron chi connectivity index (χ4n) is 6.05. The van der Waals surface area contributed by atoms with Crippen LogP contribution in [0.5, 0.6) is 23.0 Å². The molecule has 0 aromatic heterocycles. The highest BCUT2D eigenvalue weighted by Crippen LogP contribution is 2.33. The number of rotatable bonds is 3. The van der Waals surface area contributed by atoms with Crippen LogP contribution >= 0.6 is 0 Å². The number of nitrogens with one attached hydrogen (secondary N) is 2. The van der Waals surface area contributed by atoms with E-state index in [0.29, 0.717) is 41.3 Å². The molecule has 0 unspecified atom stereocenters. The summed E-state index contributed by atoms with van der Waals surface area (Å²) in [6.45, 7) is 1.59. The molecule has 0 spiro atoms. The maximum absolute atomic E-state index is 14.7. The zero-order chi connectivity index (χ0) is 33.8. The van der Waals surface area contributed by atoms with Crippen molar-refractivity contribution in [3.63, 3.8) is 0 Å². The molecule has 12 nitrogen and oxygen atoms in total. The monoisotopic (exact) mass is 660 g/mol. The van der Waals surface area contributed by atoms with Gasteiger partial charge in [-0.1, -0.05) is 12.1 Å². The largest absolute Gasteiger partial charge is 0.493 e. The Hall–Kier alpha value is -5.33. The highest BCUT2D eigenvalue weighted by Gasteiger charge is 2.36. The highest BCUT2D eigenvalue weighted by atomic mass is 19.1. The second kappa shape index (κ2) is 14.2. The lowest BCUT2D eigenvalue weighted by atomic mass is 10.0. The summed E-state index contributed by atoms with van der Waals surface area (Å²) in [7, 11) is 1.49. The molecule has 2 N–H and O–H groups in total. The van der Waals surface area contributed by atoms with E-state index in [-0.39, 0.29) is 69.3 Å². The lowest BCUT2D eigenvalue weighted by Gasteiger charge is -2.40. The predicted molar refractivity (Wildman–Crippen MR) is 172 cm³/mol. The number of hydrogen-bond acceptors (Lipinski definition) is 8. The van der Waals surface area contributed by atoms with Gasteiger partial charge < -0.3 is 34.5 Å². The maximum Gasteiger partial charge on any atom is 0.265 e. The third-order valence-electron chi connectivity index (χ3n) is 8.54. The van der Waals surface area contributed by atoms with Crippen LogP contribution in [0.2, 0.25) is 0 Å². The van der Waals surface area contributed by atoms with Crippen LogP contribution in [0.25, 0.3) is 0 Å². The van der Waals surface area contributed by atoms with Gasteiger partial charge in [-0.3, -0.25) is 24.1 Å². The fourth-order valence-corrected chi connectivity index (χ4v) is 6.05. The van der Waals surface area contributed by atoms with Crippen LogP contribution in [-0.4, -0.2) is 80.6 Å². The first-order valence-corrected chi connectivity index (χ1v) is 15.8. The molecular weight excluding hydrogens is 623 g/mol. The van der Waals surface area contributed by atoms with E-state index in [4.69, 9.17) is 18.9 Å². The second-order valence-corrected chi connectivity index (χ2v) is 12.0. The Balaban J connectivity index is 1.24. The van der Waals surface area contributed by atoms with Crippen LogP contribution in [0.3, 0.4) is 0 Å². The van der Waals surface area contributed by atoms with Gasteiger partial charge in [0, 0.05) is 38.5 Å². The highest BCUT2D eigenvalue weighted by molar-refractivity contribution is 6.02. The molecule has 0 saturated carbocycles. The number of aryl methyl sites for hydroxylation is 2. The van der Waals surface area contributed by atoms with Gasteiger partial charge in [0.1, 0.15) is 30.0 Å². The summed E-state index contributed by atoms with van der Waals surface area (Å²) < 4.78 is 37.7. The summed E-state index contributed by atoms with van der Waals surface area (Å²) in [5, 5.41) is 5.77. The Morgan fingerprint density at radius 1 is 0.958 bits per heavy atom. The first kappa shape index (κ1) is 32.6. The van der Waals surface area contributed by atoms with E-state index in [0.717, 1.165) is 11.1 Å². The van der Waals surface area contributed by atoms with Crippen LogP contribution in [0.4, 0.5) is 10.1 Å². The molecule has 252 valence electrons. The smallest absolute Gasteiger partial charge is 0.265 e. The molecule has 2 atom stereocenters. The summed E-state index contributed by atoms with van der Waals surface area (Å²) in [5.74, 6) is -0.348. The molecule has 1 fully saturated rings. The molecule has 3 aliphatic rings. The van der Waals surface area contributed by atoms with Crippen molar-refractivity contribution < 1.29 is 42.5 Å². The van der Waals surface area contributed by atoms with Crippen LogP contribution in [0.1, 0.15) is 29.5 Å². The van der Waals surface area contributed by atoms with Crippen molar-refractivity contribution in [3.8, 4) is 23.0 Å². The number of hydrogen-bond donors (Lipinski definition) is 2. The van der Waals surface area contributed by atoms with Crippen molar-refractivity contribution in [1.29, 1.82) is 0 Å². The molecule has 3 aromatic carbocycles. The summed E-state index contributed by atoms with van der Waals surface area (Å²) in [6.07, 6.45) is 0.274. The zero-order valence-electron chi connectivity index (χ0n) is 26.8. The number of carbonyl (C=O) groups excluding carboxylic acids is 4. The fraction of sp³-hybridized carbons (Fsp3) is 0.371. The van der Waals surface area contributed by atoms with Gasteiger partial charge in [-0.2, -0.15) is 0 Å². The number of anilines is 1. The van der Waals surface area contributed by atoms with Gasteiger partial charge in [0.05, 0.1) is 18.8 Å². The van der Waals surface area contributed by atoms with E-state index in [1.807, 2.05) is 19.1 Å². The first-order valence-electron chi connectivity index (χ1n) is 15.8. The van der Waals surface area contributed by atoms with Crippen molar-refractivity contribution >= 4 is 29.3 Å². The standard InChI is InChI=1S/C35H37FN4O8/c1-21-3-6-29-27(11-21)40(35(44)20-47-29)18-34(43)39-10-9-28-26(17-39)38-33(42)19-46-31-14-22(4-7-30(31)45-2)5-8-32(41)37-16-23-12-24(36)15-25(13-23)48-28/h3-4,6-7,11-15,26,28H,5,8-10,16-20H2,1-2H3,(H,37,41)(H,38,42)/t26-,28-/m1/s1. The zero-order valence-corrected chi connectivity index (χ0v) is 26.8. The van der Waals surface area contributed by atoms with Crippen molar-refractivity contribution in [3.05, 3.63) is 77.1 Å². The third kappa shape index (κ3) is 7.62. The van der Waals surface area contributed by atoms with Crippen molar-refractivity contribution in [2.45, 2.75) is 44.9 Å². The number of halogens is 1. The number of methoxy groups -OCH3 is 1. The molecule has 3 heterocycles. The normalized spacial score (nSPS) is 19.9. The summed E-state index contributed by atoms with van der Waals surface area (Å²) >= 11 is 0. The van der Waals surface area contributed by atoms with E-state index in [1.54, 1.807) is 35.2 Å². The number of nitrogens with zero attached hydrogens (tertiary/aromatic N) is 2. The molecule has 0 aliphatic carbocycles. The maximum atomic E-state index is 14.7. The minimum absolute atomic E-state index is 0.0749. The number of benzene rings is 3. The number of carbonyl (C=O) groups is 4. The van der Waals surface area contributed by atoms with E-state index in [1.165, 1.54) is 24.1 Å². The van der Waals surface area contributed by atoms with Gasteiger partial charge in [0.2, 0.25) is 11.8 Å². The van der Waals surface area contributed by atoms with E-state index >= 15 is 0 Å². The Labute approximate surface area is 277 Å². The quantitative estimate of drug-likeness (QED) is 0.438. The molecule has 4 amide bonds. The van der Waals surface area contributed by atoms with Gasteiger partial charge in [0.25, 0.3) is 11.8 Å². The number of amides is 4. The average Bonchev–Trinajstić information content (AvgIpc) is 3.07. The van der Waals surface area contributed by atoms with E-state index in [9.17, 15) is 23.6 Å². The summed E-state index contributed by atoms with van der Waals surface area (Å²) in [5.41, 5.74) is 2.76. The Bertz CT molecular complexity index is 1730. The lowest BCUT2D eigenvalue weighted by molar-refractivity contribution is -0.135.